The van der Waals surface area contributed by atoms with Crippen molar-refractivity contribution in [2.24, 2.45) is 0 Å². The summed E-state index contributed by atoms with van der Waals surface area (Å²) in [5, 5.41) is 2.67. The van der Waals surface area contributed by atoms with Gasteiger partial charge in [0.15, 0.2) is 0 Å². The number of carbonyl (C=O) groups is 1. The molecule has 0 aliphatic heterocycles. The minimum atomic E-state index is -0.480. The van der Waals surface area contributed by atoms with E-state index in [0.29, 0.717) is 13.2 Å². The molecule has 118 valence electrons. The van der Waals surface area contributed by atoms with E-state index in [1.807, 2.05) is 39.0 Å². The van der Waals surface area contributed by atoms with Crippen molar-refractivity contribution < 1.29 is 14.3 Å². The van der Waals surface area contributed by atoms with Gasteiger partial charge in [-0.1, -0.05) is 32.9 Å². The summed E-state index contributed by atoms with van der Waals surface area (Å²) in [5.41, 5.74) is 0.834. The Kier molecular flexibility index (Phi) is 5.64. The standard InChI is InChI=1S/C17H27NO3/c1-16(2,3)13-8-7-9-14(12-13)20-11-10-18-15(19)21-17(4,5)6/h7-9,12H,10-11H2,1-6H3,(H,18,19). The van der Waals surface area contributed by atoms with Gasteiger partial charge in [0.25, 0.3) is 0 Å². The Morgan fingerprint density at radius 1 is 1.14 bits per heavy atom. The van der Waals surface area contributed by atoms with Gasteiger partial charge in [0.05, 0.1) is 6.54 Å². The quantitative estimate of drug-likeness (QED) is 0.857. The molecule has 21 heavy (non-hydrogen) atoms. The highest BCUT2D eigenvalue weighted by molar-refractivity contribution is 5.67. The average molecular weight is 293 g/mol. The molecule has 0 spiro atoms. The van der Waals surface area contributed by atoms with Gasteiger partial charge in [0.1, 0.15) is 18.0 Å². The third kappa shape index (κ3) is 7.02. The van der Waals surface area contributed by atoms with Gasteiger partial charge in [0.2, 0.25) is 0 Å². The molecule has 1 aromatic rings. The largest absolute Gasteiger partial charge is 0.492 e. The van der Waals surface area contributed by atoms with Gasteiger partial charge in [-0.25, -0.2) is 4.79 Å². The van der Waals surface area contributed by atoms with Crippen LogP contribution in [-0.2, 0) is 10.2 Å². The van der Waals surface area contributed by atoms with Crippen molar-refractivity contribution in [2.45, 2.75) is 52.6 Å². The van der Waals surface area contributed by atoms with Crippen molar-refractivity contribution in [2.75, 3.05) is 13.2 Å². The van der Waals surface area contributed by atoms with Crippen molar-refractivity contribution in [3.8, 4) is 5.75 Å². The first-order valence-electron chi connectivity index (χ1n) is 7.28. The summed E-state index contributed by atoms with van der Waals surface area (Å²) >= 11 is 0. The lowest BCUT2D eigenvalue weighted by molar-refractivity contribution is 0.0520. The second-order valence-corrected chi connectivity index (χ2v) is 7.05. The highest BCUT2D eigenvalue weighted by atomic mass is 16.6. The Morgan fingerprint density at radius 2 is 1.81 bits per heavy atom. The van der Waals surface area contributed by atoms with E-state index in [1.165, 1.54) is 5.56 Å². The SMILES string of the molecule is CC(C)(C)OC(=O)NCCOc1cccc(C(C)(C)C)c1. The molecule has 1 N–H and O–H groups in total. The van der Waals surface area contributed by atoms with Crippen molar-refractivity contribution in [1.29, 1.82) is 0 Å². The molecular weight excluding hydrogens is 266 g/mol. The van der Waals surface area contributed by atoms with E-state index in [9.17, 15) is 4.79 Å². The Hall–Kier alpha value is -1.71. The van der Waals surface area contributed by atoms with Crippen LogP contribution < -0.4 is 10.1 Å². The molecule has 0 heterocycles. The van der Waals surface area contributed by atoms with E-state index < -0.39 is 11.7 Å². The van der Waals surface area contributed by atoms with E-state index >= 15 is 0 Å². The molecule has 0 saturated carbocycles. The molecule has 0 fully saturated rings. The Labute approximate surface area is 127 Å². The zero-order chi connectivity index (χ0) is 16.1. The predicted octanol–water partition coefficient (Wildman–Crippen LogP) is 3.89. The van der Waals surface area contributed by atoms with E-state index in [4.69, 9.17) is 9.47 Å². The van der Waals surface area contributed by atoms with Crippen molar-refractivity contribution in [3.05, 3.63) is 29.8 Å². The molecule has 0 aliphatic carbocycles. The van der Waals surface area contributed by atoms with E-state index in [0.717, 1.165) is 5.75 Å². The Balaban J connectivity index is 2.38. The number of benzene rings is 1. The molecule has 0 saturated heterocycles. The van der Waals surface area contributed by atoms with Crippen molar-refractivity contribution >= 4 is 6.09 Å². The van der Waals surface area contributed by atoms with Crippen LogP contribution in [0.3, 0.4) is 0 Å². The number of alkyl carbamates (subject to hydrolysis) is 1. The number of hydrogen-bond acceptors (Lipinski definition) is 3. The third-order valence-electron chi connectivity index (χ3n) is 2.74. The Morgan fingerprint density at radius 3 is 2.38 bits per heavy atom. The van der Waals surface area contributed by atoms with Gasteiger partial charge >= 0.3 is 6.09 Å². The maximum absolute atomic E-state index is 11.5. The van der Waals surface area contributed by atoms with E-state index in [1.54, 1.807) is 0 Å². The lowest BCUT2D eigenvalue weighted by Gasteiger charge is -2.20. The monoisotopic (exact) mass is 293 g/mol. The first-order chi connectivity index (χ1) is 9.58. The molecule has 0 aromatic heterocycles. The van der Waals surface area contributed by atoms with Gasteiger partial charge < -0.3 is 14.8 Å². The van der Waals surface area contributed by atoms with Crippen LogP contribution in [0.1, 0.15) is 47.1 Å². The van der Waals surface area contributed by atoms with Gasteiger partial charge in [-0.15, -0.1) is 0 Å². The number of hydrogen-bond donors (Lipinski definition) is 1. The van der Waals surface area contributed by atoms with Crippen LogP contribution >= 0.6 is 0 Å². The highest BCUT2D eigenvalue weighted by Gasteiger charge is 2.16. The lowest BCUT2D eigenvalue weighted by atomic mass is 9.87. The molecule has 4 nitrogen and oxygen atoms in total. The van der Waals surface area contributed by atoms with Gasteiger partial charge in [-0.05, 0) is 43.9 Å². The first kappa shape index (κ1) is 17.3. The average Bonchev–Trinajstić information content (AvgIpc) is 2.32. The number of rotatable bonds is 4. The van der Waals surface area contributed by atoms with Crippen LogP contribution in [0.15, 0.2) is 24.3 Å². The van der Waals surface area contributed by atoms with Crippen LogP contribution in [0, 0.1) is 0 Å². The summed E-state index contributed by atoms with van der Waals surface area (Å²) in [6.07, 6.45) is -0.422. The second-order valence-electron chi connectivity index (χ2n) is 7.05. The molecule has 1 aromatic carbocycles. The maximum atomic E-state index is 11.5. The van der Waals surface area contributed by atoms with Crippen LogP contribution in [-0.4, -0.2) is 24.8 Å². The summed E-state index contributed by atoms with van der Waals surface area (Å²) < 4.78 is 10.8. The fraction of sp³-hybridized carbons (Fsp3) is 0.588. The maximum Gasteiger partial charge on any atom is 0.407 e. The van der Waals surface area contributed by atoms with E-state index in [-0.39, 0.29) is 5.41 Å². The summed E-state index contributed by atoms with van der Waals surface area (Å²) in [4.78, 5) is 11.5. The molecule has 0 aliphatic rings. The normalized spacial score (nSPS) is 11.9. The fourth-order valence-corrected chi connectivity index (χ4v) is 1.69. The molecular formula is C17H27NO3. The number of amides is 1. The summed E-state index contributed by atoms with van der Waals surface area (Å²) in [6, 6.07) is 8.03. The van der Waals surface area contributed by atoms with E-state index in [2.05, 4.69) is 32.2 Å². The highest BCUT2D eigenvalue weighted by Crippen LogP contribution is 2.25. The molecule has 4 heteroatoms. The fourth-order valence-electron chi connectivity index (χ4n) is 1.69. The number of nitrogens with one attached hydrogen (secondary N) is 1. The van der Waals surface area contributed by atoms with Crippen LogP contribution in [0.2, 0.25) is 0 Å². The molecule has 0 unspecified atom stereocenters. The minimum absolute atomic E-state index is 0.0914. The molecule has 1 rings (SSSR count). The van der Waals surface area contributed by atoms with Crippen molar-refractivity contribution in [3.63, 3.8) is 0 Å². The van der Waals surface area contributed by atoms with Crippen LogP contribution in [0.5, 0.6) is 5.75 Å². The van der Waals surface area contributed by atoms with Crippen LogP contribution in [0.4, 0.5) is 4.79 Å². The molecule has 0 radical (unpaired) electrons. The summed E-state index contributed by atoms with van der Waals surface area (Å²) in [5.74, 6) is 0.813. The molecule has 0 atom stereocenters. The Bertz CT molecular complexity index is 470. The topological polar surface area (TPSA) is 47.6 Å². The molecule has 1 amide bonds. The van der Waals surface area contributed by atoms with Gasteiger partial charge in [-0.2, -0.15) is 0 Å². The zero-order valence-corrected chi connectivity index (χ0v) is 13.9. The lowest BCUT2D eigenvalue weighted by Crippen LogP contribution is -2.34. The predicted molar refractivity (Wildman–Crippen MR) is 84.9 cm³/mol. The van der Waals surface area contributed by atoms with Crippen molar-refractivity contribution in [1.82, 2.24) is 5.32 Å². The van der Waals surface area contributed by atoms with Gasteiger partial charge in [-0.3, -0.25) is 0 Å². The third-order valence-corrected chi connectivity index (χ3v) is 2.74. The van der Waals surface area contributed by atoms with Gasteiger partial charge in [0, 0.05) is 0 Å². The first-order valence-corrected chi connectivity index (χ1v) is 7.28. The minimum Gasteiger partial charge on any atom is -0.492 e. The second kappa shape index (κ2) is 6.83. The smallest absolute Gasteiger partial charge is 0.407 e. The zero-order valence-electron chi connectivity index (χ0n) is 13.9. The number of carbonyl (C=O) groups excluding carboxylic acids is 1. The summed E-state index contributed by atoms with van der Waals surface area (Å²) in [6.45, 7) is 12.8. The number of ether oxygens (including phenoxy) is 2. The summed E-state index contributed by atoms with van der Waals surface area (Å²) in [7, 11) is 0. The van der Waals surface area contributed by atoms with Crippen LogP contribution in [0.25, 0.3) is 0 Å². The molecule has 0 bridgehead atoms.